The van der Waals surface area contributed by atoms with Crippen LogP contribution < -0.4 is 0 Å². The largest absolute Gasteiger partial charge is 0.378 e. The summed E-state index contributed by atoms with van der Waals surface area (Å²) in [5.41, 5.74) is 0.524. The lowest BCUT2D eigenvalue weighted by atomic mass is 10.3. The van der Waals surface area contributed by atoms with Crippen LogP contribution in [0.3, 0.4) is 0 Å². The van der Waals surface area contributed by atoms with E-state index in [2.05, 4.69) is 18.8 Å². The van der Waals surface area contributed by atoms with Gasteiger partial charge in [-0.1, -0.05) is 0 Å². The zero-order chi connectivity index (χ0) is 11.5. The van der Waals surface area contributed by atoms with E-state index in [1.807, 2.05) is 10.8 Å². The summed E-state index contributed by atoms with van der Waals surface area (Å²) in [5, 5.41) is 0. The van der Waals surface area contributed by atoms with Crippen LogP contribution in [0.15, 0.2) is 12.5 Å². The number of carbonyl (C=O) groups excluding carboxylic acids is 1. The summed E-state index contributed by atoms with van der Waals surface area (Å²) in [6, 6.07) is 0.332. The van der Waals surface area contributed by atoms with Crippen LogP contribution in [0.1, 0.15) is 30.4 Å². The summed E-state index contributed by atoms with van der Waals surface area (Å²) in [7, 11) is 0. The Kier molecular flexibility index (Phi) is 3.24. The molecule has 0 unspecified atom stereocenters. The zero-order valence-electron chi connectivity index (χ0n) is 9.72. The zero-order valence-corrected chi connectivity index (χ0v) is 9.72. The molecule has 0 N–H and O–H groups in total. The van der Waals surface area contributed by atoms with Crippen molar-refractivity contribution < 1.29 is 9.53 Å². The van der Waals surface area contributed by atoms with Crippen molar-refractivity contribution in [2.24, 2.45) is 0 Å². The highest BCUT2D eigenvalue weighted by atomic mass is 16.5. The molecule has 5 heteroatoms. The molecule has 1 aromatic rings. The molecule has 0 aromatic carbocycles. The maximum Gasteiger partial charge on any atom is 0.274 e. The topological polar surface area (TPSA) is 47.4 Å². The van der Waals surface area contributed by atoms with Crippen LogP contribution in [-0.4, -0.2) is 46.7 Å². The summed E-state index contributed by atoms with van der Waals surface area (Å²) >= 11 is 0. The van der Waals surface area contributed by atoms with Gasteiger partial charge in [-0.2, -0.15) is 0 Å². The Labute approximate surface area is 95.0 Å². The average Bonchev–Trinajstić information content (AvgIpc) is 2.78. The minimum absolute atomic E-state index is 0.00250. The van der Waals surface area contributed by atoms with Gasteiger partial charge in [0.25, 0.3) is 5.91 Å². The number of carbonyl (C=O) groups is 1. The van der Waals surface area contributed by atoms with Crippen molar-refractivity contribution in [3.8, 4) is 0 Å². The molecule has 1 saturated heterocycles. The van der Waals surface area contributed by atoms with Crippen LogP contribution in [0, 0.1) is 0 Å². The van der Waals surface area contributed by atoms with E-state index >= 15 is 0 Å². The summed E-state index contributed by atoms with van der Waals surface area (Å²) in [4.78, 5) is 18.0. The van der Waals surface area contributed by atoms with Gasteiger partial charge >= 0.3 is 0 Å². The van der Waals surface area contributed by atoms with E-state index in [9.17, 15) is 4.79 Å². The van der Waals surface area contributed by atoms with Crippen LogP contribution in [0.25, 0.3) is 0 Å². The van der Waals surface area contributed by atoms with E-state index in [1.54, 1.807) is 11.2 Å². The number of ether oxygens (including phenoxy) is 1. The molecule has 88 valence electrons. The lowest BCUT2D eigenvalue weighted by Crippen LogP contribution is -2.40. The standard InChI is InChI=1S/C11H17N3O2/c1-9(2)14-7-10(12-8-14)11(15)13-3-5-16-6-4-13/h7-9H,3-6H2,1-2H3. The van der Waals surface area contributed by atoms with Gasteiger partial charge in [0.1, 0.15) is 5.69 Å². The molecule has 1 aromatic heterocycles. The van der Waals surface area contributed by atoms with Crippen molar-refractivity contribution in [1.82, 2.24) is 14.5 Å². The molecule has 0 bridgehead atoms. The molecule has 0 aliphatic carbocycles. The van der Waals surface area contributed by atoms with Crippen LogP contribution in [0.5, 0.6) is 0 Å². The molecular weight excluding hydrogens is 206 g/mol. The Morgan fingerprint density at radius 2 is 2.12 bits per heavy atom. The number of imidazole rings is 1. The Morgan fingerprint density at radius 3 is 2.69 bits per heavy atom. The summed E-state index contributed by atoms with van der Waals surface area (Å²) in [5.74, 6) is 0.00250. The Morgan fingerprint density at radius 1 is 1.44 bits per heavy atom. The first-order chi connectivity index (χ1) is 7.68. The third-order valence-electron chi connectivity index (χ3n) is 2.72. The molecule has 16 heavy (non-hydrogen) atoms. The van der Waals surface area contributed by atoms with Gasteiger partial charge in [0, 0.05) is 25.3 Å². The van der Waals surface area contributed by atoms with E-state index in [4.69, 9.17) is 4.74 Å². The molecule has 0 atom stereocenters. The van der Waals surface area contributed by atoms with Crippen molar-refractivity contribution >= 4 is 5.91 Å². The van der Waals surface area contributed by atoms with Crippen molar-refractivity contribution in [1.29, 1.82) is 0 Å². The average molecular weight is 223 g/mol. The van der Waals surface area contributed by atoms with E-state index < -0.39 is 0 Å². The first-order valence-electron chi connectivity index (χ1n) is 5.59. The highest BCUT2D eigenvalue weighted by Crippen LogP contribution is 2.09. The molecule has 2 rings (SSSR count). The lowest BCUT2D eigenvalue weighted by Gasteiger charge is -2.25. The summed E-state index contributed by atoms with van der Waals surface area (Å²) in [6.07, 6.45) is 3.51. The minimum Gasteiger partial charge on any atom is -0.378 e. The predicted octanol–water partition coefficient (Wildman–Crippen LogP) is 0.936. The van der Waals surface area contributed by atoms with Gasteiger partial charge in [-0.25, -0.2) is 4.98 Å². The third-order valence-corrected chi connectivity index (χ3v) is 2.72. The van der Waals surface area contributed by atoms with Crippen LogP contribution in [-0.2, 0) is 4.74 Å². The fourth-order valence-corrected chi connectivity index (χ4v) is 1.66. The fourth-order valence-electron chi connectivity index (χ4n) is 1.66. The third kappa shape index (κ3) is 2.24. The minimum atomic E-state index is 0.00250. The Hall–Kier alpha value is -1.36. The number of amides is 1. The second-order valence-electron chi connectivity index (χ2n) is 4.20. The summed E-state index contributed by atoms with van der Waals surface area (Å²) in [6.45, 7) is 6.68. The molecule has 0 saturated carbocycles. The van der Waals surface area contributed by atoms with Gasteiger partial charge in [0.2, 0.25) is 0 Å². The van der Waals surface area contributed by atoms with Gasteiger partial charge in [-0.3, -0.25) is 4.79 Å². The van der Waals surface area contributed by atoms with Crippen molar-refractivity contribution in [3.63, 3.8) is 0 Å². The molecule has 5 nitrogen and oxygen atoms in total. The van der Waals surface area contributed by atoms with Crippen LogP contribution in [0.2, 0.25) is 0 Å². The van der Waals surface area contributed by atoms with Gasteiger partial charge in [0.15, 0.2) is 0 Å². The highest BCUT2D eigenvalue weighted by molar-refractivity contribution is 5.92. The predicted molar refractivity (Wildman–Crippen MR) is 59.3 cm³/mol. The number of morpholine rings is 1. The Balaban J connectivity index is 2.07. The second-order valence-corrected chi connectivity index (χ2v) is 4.20. The maximum absolute atomic E-state index is 12.0. The number of hydrogen-bond donors (Lipinski definition) is 0. The molecule has 1 aliphatic rings. The van der Waals surface area contributed by atoms with Gasteiger partial charge in [0.05, 0.1) is 19.5 Å². The highest BCUT2D eigenvalue weighted by Gasteiger charge is 2.20. The quantitative estimate of drug-likeness (QED) is 0.749. The monoisotopic (exact) mass is 223 g/mol. The van der Waals surface area contributed by atoms with E-state index in [0.29, 0.717) is 38.0 Å². The SMILES string of the molecule is CC(C)n1cnc(C(=O)N2CCOCC2)c1. The number of rotatable bonds is 2. The second kappa shape index (κ2) is 4.65. The van der Waals surface area contributed by atoms with E-state index in [0.717, 1.165) is 0 Å². The van der Waals surface area contributed by atoms with E-state index in [-0.39, 0.29) is 5.91 Å². The number of hydrogen-bond acceptors (Lipinski definition) is 3. The first-order valence-corrected chi connectivity index (χ1v) is 5.59. The lowest BCUT2D eigenvalue weighted by molar-refractivity contribution is 0.0299. The molecule has 0 radical (unpaired) electrons. The van der Waals surface area contributed by atoms with Crippen LogP contribution in [0.4, 0.5) is 0 Å². The first kappa shape index (κ1) is 11.1. The van der Waals surface area contributed by atoms with Crippen LogP contribution >= 0.6 is 0 Å². The fraction of sp³-hybridized carbons (Fsp3) is 0.636. The normalized spacial score (nSPS) is 16.8. The molecule has 1 amide bonds. The van der Waals surface area contributed by atoms with Crippen molar-refractivity contribution in [3.05, 3.63) is 18.2 Å². The summed E-state index contributed by atoms with van der Waals surface area (Å²) < 4.78 is 7.15. The van der Waals surface area contributed by atoms with Gasteiger partial charge in [-0.05, 0) is 13.8 Å². The molecule has 1 aliphatic heterocycles. The van der Waals surface area contributed by atoms with Gasteiger partial charge < -0.3 is 14.2 Å². The van der Waals surface area contributed by atoms with Gasteiger partial charge in [-0.15, -0.1) is 0 Å². The smallest absolute Gasteiger partial charge is 0.274 e. The molecule has 2 heterocycles. The van der Waals surface area contributed by atoms with Crippen molar-refractivity contribution in [2.45, 2.75) is 19.9 Å². The molecule has 0 spiro atoms. The Bertz CT molecular complexity index is 367. The molecule has 1 fully saturated rings. The maximum atomic E-state index is 12.0. The molecular formula is C11H17N3O2. The number of aromatic nitrogens is 2. The number of nitrogens with zero attached hydrogens (tertiary/aromatic N) is 3. The van der Waals surface area contributed by atoms with E-state index in [1.165, 1.54) is 0 Å². The van der Waals surface area contributed by atoms with Crippen molar-refractivity contribution in [2.75, 3.05) is 26.3 Å².